The first-order chi connectivity index (χ1) is 4.65. The van der Waals surface area contributed by atoms with Crippen molar-refractivity contribution in [2.45, 2.75) is 25.3 Å². The second-order valence-corrected chi connectivity index (χ2v) is 2.79. The van der Waals surface area contributed by atoms with Crippen LogP contribution in [0.15, 0.2) is 0 Å². The predicted molar refractivity (Wildman–Crippen MR) is 36.4 cm³/mol. The Morgan fingerprint density at radius 3 is 2.70 bits per heavy atom. The Hall–Kier alpha value is -0.610. The van der Waals surface area contributed by atoms with Gasteiger partial charge in [0.2, 0.25) is 0 Å². The Morgan fingerprint density at radius 1 is 1.70 bits per heavy atom. The van der Waals surface area contributed by atoms with Crippen molar-refractivity contribution >= 4 is 5.97 Å². The van der Waals surface area contributed by atoms with Gasteiger partial charge in [-0.1, -0.05) is 0 Å². The van der Waals surface area contributed by atoms with Crippen LogP contribution in [0.1, 0.15) is 19.8 Å². The van der Waals surface area contributed by atoms with Gasteiger partial charge in [0, 0.05) is 6.54 Å². The minimum atomic E-state index is -0.792. The molecule has 1 saturated heterocycles. The lowest BCUT2D eigenvalue weighted by Crippen LogP contribution is -2.59. The quantitative estimate of drug-likeness (QED) is 0.473. The number of carboxylic acids is 1. The van der Waals surface area contributed by atoms with E-state index in [0.29, 0.717) is 6.42 Å². The standard InChI is InChI=1S/C6H12N2O2/c1-6(5(9)10)3-2-4-7-8-6/h7-8H,2-4H2,1H3,(H,9,10). The smallest absolute Gasteiger partial charge is 0.324 e. The van der Waals surface area contributed by atoms with Gasteiger partial charge in [0.25, 0.3) is 0 Å². The Morgan fingerprint density at radius 2 is 2.40 bits per heavy atom. The molecule has 0 bridgehead atoms. The topological polar surface area (TPSA) is 61.4 Å². The van der Waals surface area contributed by atoms with E-state index in [-0.39, 0.29) is 0 Å². The van der Waals surface area contributed by atoms with Crippen LogP contribution in [0, 0.1) is 0 Å². The first-order valence-corrected chi connectivity index (χ1v) is 3.38. The van der Waals surface area contributed by atoms with E-state index in [9.17, 15) is 4.79 Å². The zero-order valence-electron chi connectivity index (χ0n) is 5.98. The average Bonchev–Trinajstić information content (AvgIpc) is 1.89. The normalized spacial score (nSPS) is 33.7. The fourth-order valence-electron chi connectivity index (χ4n) is 1.01. The summed E-state index contributed by atoms with van der Waals surface area (Å²) < 4.78 is 0. The van der Waals surface area contributed by atoms with Gasteiger partial charge in [0.05, 0.1) is 0 Å². The number of nitrogens with one attached hydrogen (secondary N) is 2. The predicted octanol–water partition coefficient (Wildman–Crippen LogP) is -0.282. The van der Waals surface area contributed by atoms with Crippen LogP contribution in [-0.4, -0.2) is 23.2 Å². The number of hydrogen-bond acceptors (Lipinski definition) is 3. The molecular formula is C6H12N2O2. The van der Waals surface area contributed by atoms with E-state index in [1.54, 1.807) is 6.92 Å². The van der Waals surface area contributed by atoms with E-state index in [0.717, 1.165) is 13.0 Å². The summed E-state index contributed by atoms with van der Waals surface area (Å²) in [6.45, 7) is 2.53. The molecule has 4 heteroatoms. The van der Waals surface area contributed by atoms with Crippen molar-refractivity contribution in [3.8, 4) is 0 Å². The summed E-state index contributed by atoms with van der Waals surface area (Å²) in [4.78, 5) is 10.6. The molecule has 0 saturated carbocycles. The molecule has 0 aliphatic carbocycles. The van der Waals surface area contributed by atoms with E-state index in [1.165, 1.54) is 0 Å². The molecule has 1 unspecified atom stereocenters. The first-order valence-electron chi connectivity index (χ1n) is 3.38. The molecule has 1 rings (SSSR count). The minimum Gasteiger partial charge on any atom is -0.480 e. The van der Waals surface area contributed by atoms with Gasteiger partial charge in [-0.2, -0.15) is 0 Å². The van der Waals surface area contributed by atoms with Gasteiger partial charge in [-0.3, -0.25) is 10.2 Å². The zero-order chi connectivity index (χ0) is 7.61. The average molecular weight is 144 g/mol. The summed E-state index contributed by atoms with van der Waals surface area (Å²) in [5.41, 5.74) is 4.81. The maximum atomic E-state index is 10.6. The summed E-state index contributed by atoms with van der Waals surface area (Å²) in [7, 11) is 0. The van der Waals surface area contributed by atoms with Crippen molar-refractivity contribution in [3.05, 3.63) is 0 Å². The maximum absolute atomic E-state index is 10.6. The molecule has 3 N–H and O–H groups in total. The highest BCUT2D eigenvalue weighted by Crippen LogP contribution is 2.13. The lowest BCUT2D eigenvalue weighted by atomic mass is 9.95. The Kier molecular flexibility index (Phi) is 1.92. The molecule has 4 nitrogen and oxygen atoms in total. The Balaban J connectivity index is 2.56. The number of hydrogen-bond donors (Lipinski definition) is 3. The van der Waals surface area contributed by atoms with Crippen molar-refractivity contribution in [2.24, 2.45) is 0 Å². The highest BCUT2D eigenvalue weighted by Gasteiger charge is 2.33. The summed E-state index contributed by atoms with van der Waals surface area (Å²) in [6, 6.07) is 0. The second kappa shape index (κ2) is 2.56. The molecule has 1 fully saturated rings. The summed E-state index contributed by atoms with van der Waals surface area (Å²) in [5, 5.41) is 8.70. The number of hydrazine groups is 1. The molecule has 1 atom stereocenters. The van der Waals surface area contributed by atoms with E-state index in [2.05, 4.69) is 10.9 Å². The van der Waals surface area contributed by atoms with Crippen LogP contribution in [0.2, 0.25) is 0 Å². The van der Waals surface area contributed by atoms with Crippen molar-refractivity contribution in [1.82, 2.24) is 10.9 Å². The third-order valence-corrected chi connectivity index (χ3v) is 1.81. The molecule has 58 valence electrons. The van der Waals surface area contributed by atoms with Crippen LogP contribution in [-0.2, 0) is 4.79 Å². The SMILES string of the molecule is CC1(C(=O)O)CCCNN1. The number of carboxylic acid groups (broad SMARTS) is 1. The summed E-state index contributed by atoms with van der Waals surface area (Å²) in [5.74, 6) is -0.792. The fourth-order valence-corrected chi connectivity index (χ4v) is 1.01. The number of carbonyl (C=O) groups is 1. The van der Waals surface area contributed by atoms with Crippen LogP contribution < -0.4 is 10.9 Å². The number of rotatable bonds is 1. The molecule has 0 radical (unpaired) electrons. The van der Waals surface area contributed by atoms with Gasteiger partial charge < -0.3 is 5.11 Å². The van der Waals surface area contributed by atoms with Gasteiger partial charge in [0.1, 0.15) is 5.54 Å². The lowest BCUT2D eigenvalue weighted by molar-refractivity contribution is -0.145. The van der Waals surface area contributed by atoms with Gasteiger partial charge in [0.15, 0.2) is 0 Å². The molecule has 0 aromatic heterocycles. The largest absolute Gasteiger partial charge is 0.480 e. The van der Waals surface area contributed by atoms with Crippen LogP contribution in [0.4, 0.5) is 0 Å². The number of aliphatic carboxylic acids is 1. The zero-order valence-corrected chi connectivity index (χ0v) is 5.98. The monoisotopic (exact) mass is 144 g/mol. The minimum absolute atomic E-state index is 0.690. The van der Waals surface area contributed by atoms with Crippen molar-refractivity contribution in [2.75, 3.05) is 6.54 Å². The third-order valence-electron chi connectivity index (χ3n) is 1.81. The molecule has 0 amide bonds. The highest BCUT2D eigenvalue weighted by atomic mass is 16.4. The van der Waals surface area contributed by atoms with Gasteiger partial charge in [-0.05, 0) is 19.8 Å². The van der Waals surface area contributed by atoms with Crippen LogP contribution >= 0.6 is 0 Å². The van der Waals surface area contributed by atoms with Gasteiger partial charge in [-0.25, -0.2) is 5.43 Å². The Bertz CT molecular complexity index is 141. The van der Waals surface area contributed by atoms with Crippen molar-refractivity contribution in [1.29, 1.82) is 0 Å². The maximum Gasteiger partial charge on any atom is 0.324 e. The van der Waals surface area contributed by atoms with Gasteiger partial charge in [-0.15, -0.1) is 0 Å². The summed E-state index contributed by atoms with van der Waals surface area (Å²) >= 11 is 0. The molecular weight excluding hydrogens is 132 g/mol. The first kappa shape index (κ1) is 7.50. The van der Waals surface area contributed by atoms with Crippen molar-refractivity contribution in [3.63, 3.8) is 0 Å². The molecule has 0 aromatic rings. The molecule has 1 aliphatic heterocycles. The lowest BCUT2D eigenvalue weighted by Gasteiger charge is -2.30. The van der Waals surface area contributed by atoms with Crippen LogP contribution in [0.5, 0.6) is 0 Å². The highest BCUT2D eigenvalue weighted by molar-refractivity contribution is 5.78. The summed E-state index contributed by atoms with van der Waals surface area (Å²) in [6.07, 6.45) is 1.60. The molecule has 0 aromatic carbocycles. The molecule has 10 heavy (non-hydrogen) atoms. The molecule has 1 aliphatic rings. The van der Waals surface area contributed by atoms with Gasteiger partial charge >= 0.3 is 5.97 Å². The van der Waals surface area contributed by atoms with E-state index in [1.807, 2.05) is 0 Å². The molecule has 0 spiro atoms. The van der Waals surface area contributed by atoms with E-state index >= 15 is 0 Å². The Labute approximate surface area is 59.6 Å². The molecule has 1 heterocycles. The van der Waals surface area contributed by atoms with E-state index in [4.69, 9.17) is 5.11 Å². The van der Waals surface area contributed by atoms with Crippen LogP contribution in [0.25, 0.3) is 0 Å². The van der Waals surface area contributed by atoms with Crippen molar-refractivity contribution < 1.29 is 9.90 Å². The van der Waals surface area contributed by atoms with Crippen LogP contribution in [0.3, 0.4) is 0 Å². The second-order valence-electron chi connectivity index (χ2n) is 2.79. The van der Waals surface area contributed by atoms with E-state index < -0.39 is 11.5 Å². The third kappa shape index (κ3) is 1.27. The fraction of sp³-hybridized carbons (Fsp3) is 0.833.